The predicted molar refractivity (Wildman–Crippen MR) is 86.9 cm³/mol. The van der Waals surface area contributed by atoms with E-state index in [0.29, 0.717) is 10.6 Å². The van der Waals surface area contributed by atoms with E-state index in [9.17, 15) is 13.2 Å². The average molecular weight is 338 g/mol. The maximum atomic E-state index is 12.2. The number of hydrogen-bond donors (Lipinski definition) is 1. The van der Waals surface area contributed by atoms with Crippen LogP contribution in [0.25, 0.3) is 0 Å². The van der Waals surface area contributed by atoms with Gasteiger partial charge in [-0.2, -0.15) is 0 Å². The molecule has 0 saturated carbocycles. The molecular formula is C16H16ClNO3S. The van der Waals surface area contributed by atoms with Crippen molar-refractivity contribution in [3.8, 4) is 0 Å². The number of hydrogen-bond acceptors (Lipinski definition) is 3. The fraction of sp³-hybridized carbons (Fsp3) is 0.188. The summed E-state index contributed by atoms with van der Waals surface area (Å²) in [6.07, 6.45) is 1.16. The lowest BCUT2D eigenvalue weighted by atomic mass is 10.1. The molecule has 1 N–H and O–H groups in total. The average Bonchev–Trinajstić information content (AvgIpc) is 2.46. The number of benzene rings is 2. The largest absolute Gasteiger partial charge is 0.345 e. The van der Waals surface area contributed by atoms with Gasteiger partial charge in [0.05, 0.1) is 21.5 Å². The molecule has 0 fully saturated rings. The third-order valence-corrected chi connectivity index (χ3v) is 4.73. The topological polar surface area (TPSA) is 63.2 Å². The van der Waals surface area contributed by atoms with Gasteiger partial charge in [-0.1, -0.05) is 35.9 Å². The van der Waals surface area contributed by atoms with Crippen LogP contribution in [-0.4, -0.2) is 20.6 Å². The van der Waals surface area contributed by atoms with Crippen LogP contribution >= 0.6 is 11.6 Å². The number of amides is 1. The Kier molecular flexibility index (Phi) is 4.88. The number of carbonyl (C=O) groups excluding carboxylic acids is 1. The first-order valence-electron chi connectivity index (χ1n) is 6.64. The Morgan fingerprint density at radius 3 is 2.23 bits per heavy atom. The number of carbonyl (C=O) groups is 1. The Hall–Kier alpha value is -1.85. The van der Waals surface area contributed by atoms with Crippen LogP contribution in [-0.2, 0) is 9.84 Å². The first-order chi connectivity index (χ1) is 10.3. The minimum absolute atomic E-state index is 0.251. The van der Waals surface area contributed by atoms with E-state index in [-0.39, 0.29) is 16.8 Å². The molecule has 0 aliphatic rings. The second kappa shape index (κ2) is 6.50. The van der Waals surface area contributed by atoms with E-state index in [1.54, 1.807) is 36.4 Å². The molecule has 2 rings (SSSR count). The van der Waals surface area contributed by atoms with Gasteiger partial charge in [0, 0.05) is 6.26 Å². The van der Waals surface area contributed by atoms with E-state index in [1.807, 2.05) is 6.92 Å². The molecule has 0 aromatic heterocycles. The highest BCUT2D eigenvalue weighted by molar-refractivity contribution is 7.90. The van der Waals surface area contributed by atoms with Gasteiger partial charge in [0.2, 0.25) is 0 Å². The fourth-order valence-corrected chi connectivity index (χ4v) is 2.86. The van der Waals surface area contributed by atoms with Crippen LogP contribution in [0.4, 0.5) is 0 Å². The minimum atomic E-state index is -3.22. The molecule has 2 aromatic carbocycles. The molecule has 0 radical (unpaired) electrons. The lowest BCUT2D eigenvalue weighted by Gasteiger charge is -2.15. The van der Waals surface area contributed by atoms with Gasteiger partial charge >= 0.3 is 0 Å². The smallest absolute Gasteiger partial charge is 0.253 e. The van der Waals surface area contributed by atoms with Crippen molar-refractivity contribution in [3.05, 3.63) is 64.7 Å². The van der Waals surface area contributed by atoms with Crippen LogP contribution in [0.5, 0.6) is 0 Å². The summed E-state index contributed by atoms with van der Waals surface area (Å²) in [7, 11) is -3.22. The zero-order valence-electron chi connectivity index (χ0n) is 12.2. The molecule has 1 amide bonds. The third kappa shape index (κ3) is 3.87. The Balaban J connectivity index is 2.14. The molecule has 4 nitrogen and oxygen atoms in total. The lowest BCUT2D eigenvalue weighted by molar-refractivity contribution is 0.0940. The molecule has 0 bridgehead atoms. The Labute approximate surface area is 135 Å². The van der Waals surface area contributed by atoms with Crippen molar-refractivity contribution in [2.75, 3.05) is 6.26 Å². The van der Waals surface area contributed by atoms with Gasteiger partial charge in [-0.3, -0.25) is 4.79 Å². The normalized spacial score (nSPS) is 12.7. The van der Waals surface area contributed by atoms with Crippen LogP contribution in [0.3, 0.4) is 0 Å². The van der Waals surface area contributed by atoms with Gasteiger partial charge in [0.15, 0.2) is 9.84 Å². The molecule has 0 heterocycles. The van der Waals surface area contributed by atoms with Gasteiger partial charge in [-0.25, -0.2) is 8.42 Å². The van der Waals surface area contributed by atoms with Crippen molar-refractivity contribution in [2.45, 2.75) is 17.9 Å². The van der Waals surface area contributed by atoms with E-state index in [1.165, 1.54) is 12.1 Å². The Bertz CT molecular complexity index is 785. The molecule has 0 aliphatic carbocycles. The summed E-state index contributed by atoms with van der Waals surface area (Å²) in [5.74, 6) is -0.273. The molecule has 0 unspecified atom stereocenters. The van der Waals surface area contributed by atoms with Crippen LogP contribution in [0.2, 0.25) is 5.02 Å². The fourth-order valence-electron chi connectivity index (χ4n) is 2.01. The van der Waals surface area contributed by atoms with Crippen molar-refractivity contribution < 1.29 is 13.2 Å². The van der Waals surface area contributed by atoms with E-state index in [2.05, 4.69) is 5.32 Å². The highest BCUT2D eigenvalue weighted by atomic mass is 35.5. The van der Waals surface area contributed by atoms with Gasteiger partial charge in [-0.05, 0) is 36.8 Å². The molecule has 6 heteroatoms. The van der Waals surface area contributed by atoms with Crippen LogP contribution in [0, 0.1) is 0 Å². The van der Waals surface area contributed by atoms with Crippen molar-refractivity contribution in [1.29, 1.82) is 0 Å². The molecule has 116 valence electrons. The highest BCUT2D eigenvalue weighted by Gasteiger charge is 2.14. The zero-order chi connectivity index (χ0) is 16.3. The van der Waals surface area contributed by atoms with E-state index in [4.69, 9.17) is 11.6 Å². The summed E-state index contributed by atoms with van der Waals surface area (Å²) in [5.41, 5.74) is 1.22. The van der Waals surface area contributed by atoms with Crippen LogP contribution < -0.4 is 5.32 Å². The highest BCUT2D eigenvalue weighted by Crippen LogP contribution is 2.19. The number of sulfone groups is 1. The van der Waals surface area contributed by atoms with Gasteiger partial charge in [0.1, 0.15) is 0 Å². The maximum absolute atomic E-state index is 12.2. The second-order valence-corrected chi connectivity index (χ2v) is 7.44. The molecule has 22 heavy (non-hydrogen) atoms. The Morgan fingerprint density at radius 1 is 1.09 bits per heavy atom. The Morgan fingerprint density at radius 2 is 1.68 bits per heavy atom. The SMILES string of the molecule is C[C@@H](NC(=O)c1ccccc1Cl)c1ccc(S(C)(=O)=O)cc1. The lowest BCUT2D eigenvalue weighted by Crippen LogP contribution is -2.26. The molecule has 0 aliphatic heterocycles. The molecule has 0 spiro atoms. The number of rotatable bonds is 4. The van der Waals surface area contributed by atoms with E-state index < -0.39 is 9.84 Å². The maximum Gasteiger partial charge on any atom is 0.253 e. The summed E-state index contributed by atoms with van der Waals surface area (Å²) in [6.45, 7) is 1.82. The third-order valence-electron chi connectivity index (χ3n) is 3.27. The molecule has 2 aromatic rings. The van der Waals surface area contributed by atoms with Crippen LogP contribution in [0.1, 0.15) is 28.9 Å². The minimum Gasteiger partial charge on any atom is -0.345 e. The van der Waals surface area contributed by atoms with Crippen LogP contribution in [0.15, 0.2) is 53.4 Å². The number of halogens is 1. The van der Waals surface area contributed by atoms with Crippen molar-refractivity contribution in [2.24, 2.45) is 0 Å². The van der Waals surface area contributed by atoms with Crippen molar-refractivity contribution in [1.82, 2.24) is 5.32 Å². The molecule has 1 atom stereocenters. The van der Waals surface area contributed by atoms with Crippen molar-refractivity contribution in [3.63, 3.8) is 0 Å². The van der Waals surface area contributed by atoms with Gasteiger partial charge in [-0.15, -0.1) is 0 Å². The second-order valence-electron chi connectivity index (χ2n) is 5.02. The first-order valence-corrected chi connectivity index (χ1v) is 8.91. The zero-order valence-corrected chi connectivity index (χ0v) is 13.8. The first kappa shape index (κ1) is 16.5. The quantitative estimate of drug-likeness (QED) is 0.931. The summed E-state index contributed by atoms with van der Waals surface area (Å²) >= 11 is 5.99. The van der Waals surface area contributed by atoms with Gasteiger partial charge in [0.25, 0.3) is 5.91 Å². The molecular weight excluding hydrogens is 322 g/mol. The number of nitrogens with one attached hydrogen (secondary N) is 1. The van der Waals surface area contributed by atoms with E-state index >= 15 is 0 Å². The van der Waals surface area contributed by atoms with Crippen molar-refractivity contribution >= 4 is 27.3 Å². The predicted octanol–water partition coefficient (Wildman–Crippen LogP) is 3.23. The van der Waals surface area contributed by atoms with Gasteiger partial charge < -0.3 is 5.32 Å². The summed E-state index contributed by atoms with van der Waals surface area (Å²) in [6, 6.07) is 13.0. The van der Waals surface area contributed by atoms with E-state index in [0.717, 1.165) is 11.8 Å². The standard InChI is InChI=1S/C16H16ClNO3S/c1-11(12-7-9-13(10-8-12)22(2,20)21)18-16(19)14-5-3-4-6-15(14)17/h3-11H,1-2H3,(H,18,19)/t11-/m1/s1. The summed E-state index contributed by atoms with van der Waals surface area (Å²) < 4.78 is 22.9. The molecule has 0 saturated heterocycles. The monoisotopic (exact) mass is 337 g/mol. The summed E-state index contributed by atoms with van der Waals surface area (Å²) in [5, 5.41) is 3.23. The summed E-state index contributed by atoms with van der Waals surface area (Å²) in [4.78, 5) is 12.4.